The van der Waals surface area contributed by atoms with Gasteiger partial charge in [-0.3, -0.25) is 0 Å². The fourth-order valence-electron chi connectivity index (χ4n) is 2.90. The van der Waals surface area contributed by atoms with Crippen molar-refractivity contribution < 1.29 is 0 Å². The molecule has 1 aliphatic rings. The Morgan fingerprint density at radius 1 is 0.667 bits per heavy atom. The second-order valence-electron chi connectivity index (χ2n) is 6.52. The van der Waals surface area contributed by atoms with Crippen molar-refractivity contribution in [2.75, 3.05) is 0 Å². The van der Waals surface area contributed by atoms with Crippen molar-refractivity contribution in [1.29, 1.82) is 0 Å². The van der Waals surface area contributed by atoms with Crippen molar-refractivity contribution in [3.05, 3.63) is 59.7 Å². The van der Waals surface area contributed by atoms with Gasteiger partial charge >= 0.3 is 0 Å². The minimum Gasteiger partial charge on any atom is -0.0776 e. The van der Waals surface area contributed by atoms with E-state index < -0.39 is 0 Å². The Morgan fingerprint density at radius 2 is 1.06 bits per heavy atom. The summed E-state index contributed by atoms with van der Waals surface area (Å²) in [5.41, 5.74) is 3.20. The number of hydrogen-bond acceptors (Lipinski definition) is 0. The van der Waals surface area contributed by atoms with Gasteiger partial charge in [-0.15, -0.1) is 0 Å². The molecule has 0 amide bonds. The van der Waals surface area contributed by atoms with Crippen LogP contribution in [0.25, 0.3) is 10.8 Å². The highest BCUT2D eigenvalue weighted by atomic mass is 14.4. The van der Waals surface area contributed by atoms with E-state index >= 15 is 0 Å². The summed E-state index contributed by atoms with van der Waals surface area (Å²) in [6.07, 6.45) is 4.70. The van der Waals surface area contributed by atoms with Crippen LogP contribution < -0.4 is 0 Å². The Kier molecular flexibility index (Phi) is 2.22. The number of benzene rings is 2. The van der Waals surface area contributed by atoms with Gasteiger partial charge in [0.25, 0.3) is 0 Å². The highest BCUT2D eigenvalue weighted by Crippen LogP contribution is 2.42. The van der Waals surface area contributed by atoms with Crippen LogP contribution in [-0.4, -0.2) is 0 Å². The van der Waals surface area contributed by atoms with E-state index in [1.807, 2.05) is 0 Å². The molecule has 0 spiro atoms. The lowest BCUT2D eigenvalue weighted by Crippen LogP contribution is -2.28. The largest absolute Gasteiger partial charge is 0.0776 e. The van der Waals surface area contributed by atoms with Gasteiger partial charge in [0.2, 0.25) is 0 Å². The third-order valence-electron chi connectivity index (χ3n) is 4.19. The molecule has 18 heavy (non-hydrogen) atoms. The molecule has 2 aromatic rings. The van der Waals surface area contributed by atoms with Crippen molar-refractivity contribution in [3.63, 3.8) is 0 Å². The minimum atomic E-state index is 0.134. The average Bonchev–Trinajstić information content (AvgIpc) is 2.34. The number of rotatable bonds is 0. The third kappa shape index (κ3) is 1.59. The smallest absolute Gasteiger partial charge is 0.00789 e. The lowest BCUT2D eigenvalue weighted by Gasteiger charge is -2.37. The predicted molar refractivity (Wildman–Crippen MR) is 79.1 cm³/mol. The second-order valence-corrected chi connectivity index (χ2v) is 6.52. The van der Waals surface area contributed by atoms with Crippen LogP contribution >= 0.6 is 0 Å². The zero-order valence-electron chi connectivity index (χ0n) is 11.6. The molecule has 0 unspecified atom stereocenters. The summed E-state index contributed by atoms with van der Waals surface area (Å²) in [5, 5.41) is 2.69. The van der Waals surface area contributed by atoms with E-state index in [4.69, 9.17) is 0 Å². The Balaban J connectivity index is 2.39. The summed E-state index contributed by atoms with van der Waals surface area (Å²) in [6.45, 7) is 9.19. The highest BCUT2D eigenvalue weighted by molar-refractivity contribution is 5.85. The summed E-state index contributed by atoms with van der Waals surface area (Å²) in [5.74, 6) is 0. The molecule has 0 nitrogen and oxygen atoms in total. The molecule has 0 saturated heterocycles. The Labute approximate surface area is 109 Å². The number of fused-ring (bicyclic) bond motifs is 2. The van der Waals surface area contributed by atoms with E-state index in [1.54, 1.807) is 0 Å². The maximum absolute atomic E-state index is 2.37. The van der Waals surface area contributed by atoms with Crippen molar-refractivity contribution >= 4 is 10.8 Å². The normalized spacial score (nSPS) is 19.8. The molecule has 0 heterocycles. The quantitative estimate of drug-likeness (QED) is 0.567. The zero-order valence-corrected chi connectivity index (χ0v) is 11.6. The molecule has 1 aliphatic carbocycles. The van der Waals surface area contributed by atoms with Gasteiger partial charge in [0.15, 0.2) is 0 Å². The molecule has 0 saturated carbocycles. The van der Waals surface area contributed by atoms with Gasteiger partial charge in [-0.25, -0.2) is 0 Å². The molecule has 0 aliphatic heterocycles. The van der Waals surface area contributed by atoms with Gasteiger partial charge in [0.05, 0.1) is 0 Å². The Morgan fingerprint density at radius 3 is 1.44 bits per heavy atom. The first-order valence-electron chi connectivity index (χ1n) is 6.64. The monoisotopic (exact) mass is 236 g/mol. The molecule has 0 heteroatoms. The second kappa shape index (κ2) is 3.47. The summed E-state index contributed by atoms with van der Waals surface area (Å²) >= 11 is 0. The molecule has 0 radical (unpaired) electrons. The van der Waals surface area contributed by atoms with Crippen molar-refractivity contribution in [2.24, 2.45) is 0 Å². The van der Waals surface area contributed by atoms with Crippen LogP contribution in [0.5, 0.6) is 0 Å². The molecule has 0 N–H and O–H groups in total. The van der Waals surface area contributed by atoms with E-state index in [2.05, 4.69) is 76.2 Å². The maximum atomic E-state index is 2.37. The van der Waals surface area contributed by atoms with Gasteiger partial charge < -0.3 is 0 Å². The van der Waals surface area contributed by atoms with Crippen LogP contribution in [0.4, 0.5) is 0 Å². The fraction of sp³-hybridized carbons (Fsp3) is 0.333. The average molecular weight is 236 g/mol. The number of allylic oxidation sites excluding steroid dienone is 2. The molecule has 2 aromatic carbocycles. The van der Waals surface area contributed by atoms with E-state index in [9.17, 15) is 0 Å². The number of hydrogen-bond donors (Lipinski definition) is 0. The topological polar surface area (TPSA) is 0 Å². The van der Waals surface area contributed by atoms with Gasteiger partial charge in [0, 0.05) is 10.8 Å². The van der Waals surface area contributed by atoms with Gasteiger partial charge in [-0.1, -0.05) is 64.1 Å². The summed E-state index contributed by atoms with van der Waals surface area (Å²) in [4.78, 5) is 0. The van der Waals surface area contributed by atoms with Gasteiger partial charge in [0.1, 0.15) is 0 Å². The van der Waals surface area contributed by atoms with E-state index in [0.717, 1.165) is 0 Å². The SMILES string of the molecule is CC1(C)C=CC(C)(C)c2cc3ccccc3cc21. The fourth-order valence-corrected chi connectivity index (χ4v) is 2.90. The molecule has 0 atom stereocenters. The van der Waals surface area contributed by atoms with Gasteiger partial charge in [-0.2, -0.15) is 0 Å². The Hall–Kier alpha value is -1.56. The lowest BCUT2D eigenvalue weighted by atomic mass is 9.67. The van der Waals surface area contributed by atoms with E-state index in [0.29, 0.717) is 0 Å². The zero-order chi connectivity index (χ0) is 13.0. The molecule has 0 fully saturated rings. The Bertz CT molecular complexity index is 586. The first-order chi connectivity index (χ1) is 8.40. The third-order valence-corrected chi connectivity index (χ3v) is 4.19. The highest BCUT2D eigenvalue weighted by Gasteiger charge is 2.32. The minimum absolute atomic E-state index is 0.134. The van der Waals surface area contributed by atoms with Crippen LogP contribution in [0.1, 0.15) is 38.8 Å². The van der Waals surface area contributed by atoms with Crippen LogP contribution in [0.3, 0.4) is 0 Å². The first-order valence-corrected chi connectivity index (χ1v) is 6.64. The van der Waals surface area contributed by atoms with Crippen LogP contribution in [0.15, 0.2) is 48.6 Å². The molecule has 0 aromatic heterocycles. The van der Waals surface area contributed by atoms with Crippen molar-refractivity contribution in [2.45, 2.75) is 38.5 Å². The molecular weight excluding hydrogens is 216 g/mol. The summed E-state index contributed by atoms with van der Waals surface area (Å²) < 4.78 is 0. The van der Waals surface area contributed by atoms with Crippen molar-refractivity contribution in [1.82, 2.24) is 0 Å². The molecular formula is C18H20. The lowest BCUT2D eigenvalue weighted by molar-refractivity contribution is 0.565. The molecule has 3 rings (SSSR count). The maximum Gasteiger partial charge on any atom is 0.00789 e. The van der Waals surface area contributed by atoms with E-state index in [1.165, 1.54) is 21.9 Å². The standard InChI is InChI=1S/C18H20/c1-17(2)9-10-18(3,4)16-12-14-8-6-5-7-13(14)11-15(16)17/h5-12H,1-4H3. The summed E-state index contributed by atoms with van der Waals surface area (Å²) in [6, 6.07) is 13.4. The molecule has 0 bridgehead atoms. The van der Waals surface area contributed by atoms with Crippen LogP contribution in [-0.2, 0) is 10.8 Å². The summed E-state index contributed by atoms with van der Waals surface area (Å²) in [7, 11) is 0. The van der Waals surface area contributed by atoms with E-state index in [-0.39, 0.29) is 10.8 Å². The van der Waals surface area contributed by atoms with Crippen LogP contribution in [0, 0.1) is 0 Å². The molecule has 92 valence electrons. The predicted octanol–water partition coefficient (Wildman–Crippen LogP) is 4.96. The first kappa shape index (κ1) is 11.5. The van der Waals surface area contributed by atoms with Gasteiger partial charge in [-0.05, 0) is 34.0 Å². The van der Waals surface area contributed by atoms with Crippen molar-refractivity contribution in [3.8, 4) is 0 Å². The van der Waals surface area contributed by atoms with Crippen LogP contribution in [0.2, 0.25) is 0 Å².